The smallest absolute Gasteiger partial charge is 0.345 e. The molecule has 0 aliphatic carbocycles. The molecule has 0 aliphatic heterocycles. The van der Waals surface area contributed by atoms with Crippen molar-refractivity contribution in [3.05, 3.63) is 5.56 Å². The summed E-state index contributed by atoms with van der Waals surface area (Å²) in [6.07, 6.45) is 0. The van der Waals surface area contributed by atoms with Crippen molar-refractivity contribution < 1.29 is 9.53 Å². The lowest BCUT2D eigenvalue weighted by atomic mass is 10.3. The molecular formula is C10H19N5O2. The first-order valence-corrected chi connectivity index (χ1v) is 5.28. The number of aromatic nitrogens is 2. The summed E-state index contributed by atoms with van der Waals surface area (Å²) in [7, 11) is 6.92. The number of anilines is 2. The summed E-state index contributed by atoms with van der Waals surface area (Å²) >= 11 is 0. The van der Waals surface area contributed by atoms with E-state index in [0.29, 0.717) is 18.2 Å². The summed E-state index contributed by atoms with van der Waals surface area (Å²) in [6.45, 7) is 1.40. The van der Waals surface area contributed by atoms with Crippen molar-refractivity contribution in [1.82, 2.24) is 14.7 Å². The van der Waals surface area contributed by atoms with Crippen molar-refractivity contribution in [3.8, 4) is 0 Å². The minimum Gasteiger partial charge on any atom is -0.465 e. The Morgan fingerprint density at radius 1 is 1.59 bits per heavy atom. The summed E-state index contributed by atoms with van der Waals surface area (Å²) in [5.74, 6) is 0.277. The number of hydrogen-bond donors (Lipinski definition) is 2. The number of rotatable bonds is 5. The molecule has 7 nitrogen and oxygen atoms in total. The van der Waals surface area contributed by atoms with Gasteiger partial charge < -0.3 is 20.7 Å². The molecule has 0 radical (unpaired) electrons. The number of nitrogens with one attached hydrogen (secondary N) is 1. The molecule has 0 atom stereocenters. The van der Waals surface area contributed by atoms with Gasteiger partial charge >= 0.3 is 5.97 Å². The highest BCUT2D eigenvalue weighted by atomic mass is 16.5. The van der Waals surface area contributed by atoms with Crippen LogP contribution in [0.1, 0.15) is 10.4 Å². The number of methoxy groups -OCH3 is 1. The molecule has 1 aromatic rings. The van der Waals surface area contributed by atoms with E-state index in [1.165, 1.54) is 7.11 Å². The predicted molar refractivity (Wildman–Crippen MR) is 66.1 cm³/mol. The maximum absolute atomic E-state index is 11.6. The van der Waals surface area contributed by atoms with Crippen LogP contribution in [0.15, 0.2) is 0 Å². The van der Waals surface area contributed by atoms with E-state index in [1.54, 1.807) is 11.7 Å². The molecule has 7 heteroatoms. The van der Waals surface area contributed by atoms with Gasteiger partial charge in [-0.2, -0.15) is 5.10 Å². The van der Waals surface area contributed by atoms with Gasteiger partial charge in [0.15, 0.2) is 5.82 Å². The van der Waals surface area contributed by atoms with E-state index in [2.05, 4.69) is 15.2 Å². The second-order valence-electron chi connectivity index (χ2n) is 3.88. The number of nitrogens with two attached hydrogens (primary N) is 1. The third kappa shape index (κ3) is 2.88. The molecule has 0 amide bonds. The van der Waals surface area contributed by atoms with Crippen LogP contribution in [0.2, 0.25) is 0 Å². The maximum Gasteiger partial charge on any atom is 0.345 e. The Bertz CT molecular complexity index is 400. The van der Waals surface area contributed by atoms with Crippen molar-refractivity contribution in [3.63, 3.8) is 0 Å². The van der Waals surface area contributed by atoms with Gasteiger partial charge in [0, 0.05) is 13.6 Å². The van der Waals surface area contributed by atoms with E-state index < -0.39 is 5.97 Å². The standard InChI is InChI=1S/C10H19N5O2/c1-12-9-7(10(16)17-4)8(11)15(13-9)6-5-14(2)3/h5-6,11H2,1-4H3,(H,12,13). The highest BCUT2D eigenvalue weighted by Gasteiger charge is 2.21. The summed E-state index contributed by atoms with van der Waals surface area (Å²) < 4.78 is 6.27. The van der Waals surface area contributed by atoms with Gasteiger partial charge in [0.25, 0.3) is 0 Å². The number of carbonyl (C=O) groups is 1. The van der Waals surface area contributed by atoms with Gasteiger partial charge in [-0.25, -0.2) is 9.48 Å². The fourth-order valence-corrected chi connectivity index (χ4v) is 1.42. The van der Waals surface area contributed by atoms with Crippen LogP contribution in [0.3, 0.4) is 0 Å². The van der Waals surface area contributed by atoms with Crippen LogP contribution in [-0.2, 0) is 11.3 Å². The zero-order valence-electron chi connectivity index (χ0n) is 10.6. The molecule has 0 spiro atoms. The monoisotopic (exact) mass is 241 g/mol. The number of nitrogen functional groups attached to an aromatic ring is 1. The molecule has 3 N–H and O–H groups in total. The summed E-state index contributed by atoms with van der Waals surface area (Å²) in [6, 6.07) is 0. The molecule has 0 saturated heterocycles. The molecule has 0 fully saturated rings. The van der Waals surface area contributed by atoms with Crippen molar-refractivity contribution in [2.75, 3.05) is 45.8 Å². The Kier molecular flexibility index (Phi) is 4.33. The van der Waals surface area contributed by atoms with Crippen LogP contribution in [0.5, 0.6) is 0 Å². The van der Waals surface area contributed by atoms with E-state index >= 15 is 0 Å². The average molecular weight is 241 g/mol. The van der Waals surface area contributed by atoms with Gasteiger partial charge in [-0.1, -0.05) is 0 Å². The Morgan fingerprint density at radius 3 is 2.71 bits per heavy atom. The Labute approximate surface area is 101 Å². The lowest BCUT2D eigenvalue weighted by molar-refractivity contribution is 0.0603. The van der Waals surface area contributed by atoms with Crippen LogP contribution in [-0.4, -0.2) is 55.4 Å². The van der Waals surface area contributed by atoms with Gasteiger partial charge in [0.05, 0.1) is 13.7 Å². The highest BCUT2D eigenvalue weighted by Crippen LogP contribution is 2.22. The summed E-state index contributed by atoms with van der Waals surface area (Å²) in [5.41, 5.74) is 6.17. The fourth-order valence-electron chi connectivity index (χ4n) is 1.42. The van der Waals surface area contributed by atoms with E-state index in [-0.39, 0.29) is 5.56 Å². The first-order chi connectivity index (χ1) is 8.01. The quantitative estimate of drug-likeness (QED) is 0.698. The van der Waals surface area contributed by atoms with Crippen LogP contribution < -0.4 is 11.1 Å². The van der Waals surface area contributed by atoms with Crippen molar-refractivity contribution in [2.45, 2.75) is 6.54 Å². The SMILES string of the molecule is CNc1nn(CCN(C)C)c(N)c1C(=O)OC. The third-order valence-electron chi connectivity index (χ3n) is 2.38. The number of carbonyl (C=O) groups excluding carboxylic acids is 1. The zero-order chi connectivity index (χ0) is 13.0. The van der Waals surface area contributed by atoms with Gasteiger partial charge in [-0.05, 0) is 14.1 Å². The molecule has 1 aromatic heterocycles. The van der Waals surface area contributed by atoms with E-state index in [4.69, 9.17) is 5.73 Å². The highest BCUT2D eigenvalue weighted by molar-refractivity contribution is 5.99. The number of likely N-dealkylation sites (N-methyl/N-ethyl adjacent to an activating group) is 1. The van der Waals surface area contributed by atoms with E-state index in [0.717, 1.165) is 6.54 Å². The van der Waals surface area contributed by atoms with Gasteiger partial charge in [0.1, 0.15) is 11.4 Å². The van der Waals surface area contributed by atoms with E-state index in [9.17, 15) is 4.79 Å². The van der Waals surface area contributed by atoms with Crippen molar-refractivity contribution in [2.24, 2.45) is 0 Å². The molecule has 1 heterocycles. The topological polar surface area (TPSA) is 85.4 Å². The number of ether oxygens (including phenoxy) is 1. The second-order valence-corrected chi connectivity index (χ2v) is 3.88. The molecular weight excluding hydrogens is 222 g/mol. The lowest BCUT2D eigenvalue weighted by Crippen LogP contribution is -2.20. The zero-order valence-corrected chi connectivity index (χ0v) is 10.6. The molecule has 0 saturated carbocycles. The summed E-state index contributed by atoms with van der Waals surface area (Å²) in [5, 5.41) is 7.06. The van der Waals surface area contributed by atoms with Gasteiger partial charge in [-0.15, -0.1) is 0 Å². The molecule has 0 aliphatic rings. The average Bonchev–Trinajstić information content (AvgIpc) is 2.62. The van der Waals surface area contributed by atoms with Crippen LogP contribution in [0.25, 0.3) is 0 Å². The Hall–Kier alpha value is -1.76. The fraction of sp³-hybridized carbons (Fsp3) is 0.600. The number of esters is 1. The molecule has 0 aromatic carbocycles. The van der Waals surface area contributed by atoms with Crippen LogP contribution >= 0.6 is 0 Å². The second kappa shape index (κ2) is 5.53. The third-order valence-corrected chi connectivity index (χ3v) is 2.38. The van der Waals surface area contributed by atoms with Gasteiger partial charge in [-0.3, -0.25) is 0 Å². The Balaban J connectivity index is 3.01. The maximum atomic E-state index is 11.6. The minimum atomic E-state index is -0.483. The molecule has 96 valence electrons. The number of hydrogen-bond acceptors (Lipinski definition) is 6. The van der Waals surface area contributed by atoms with Crippen molar-refractivity contribution >= 4 is 17.6 Å². The molecule has 0 bridgehead atoms. The predicted octanol–water partition coefficient (Wildman–Crippen LogP) is -0.145. The minimum absolute atomic E-state index is 0.286. The summed E-state index contributed by atoms with van der Waals surface area (Å²) in [4.78, 5) is 13.6. The number of nitrogens with zero attached hydrogens (tertiary/aromatic N) is 3. The molecule has 0 unspecified atom stereocenters. The van der Waals surface area contributed by atoms with Crippen LogP contribution in [0, 0.1) is 0 Å². The largest absolute Gasteiger partial charge is 0.465 e. The first kappa shape index (κ1) is 13.3. The first-order valence-electron chi connectivity index (χ1n) is 5.28. The molecule has 1 rings (SSSR count). The van der Waals surface area contributed by atoms with Gasteiger partial charge in [0.2, 0.25) is 0 Å². The van der Waals surface area contributed by atoms with Crippen molar-refractivity contribution in [1.29, 1.82) is 0 Å². The Morgan fingerprint density at radius 2 is 2.24 bits per heavy atom. The lowest BCUT2D eigenvalue weighted by Gasteiger charge is -2.10. The normalized spacial score (nSPS) is 10.6. The molecule has 17 heavy (non-hydrogen) atoms. The van der Waals surface area contributed by atoms with E-state index in [1.807, 2.05) is 19.0 Å². The van der Waals surface area contributed by atoms with Crippen LogP contribution in [0.4, 0.5) is 11.6 Å².